The maximum absolute atomic E-state index is 4.01. The highest BCUT2D eigenvalue weighted by Gasteiger charge is 2.76. The van der Waals surface area contributed by atoms with Gasteiger partial charge in [-0.2, -0.15) is 11.8 Å². The highest BCUT2D eigenvalue weighted by Crippen LogP contribution is 2.70. The van der Waals surface area contributed by atoms with E-state index >= 15 is 0 Å². The second-order valence-corrected chi connectivity index (χ2v) is 9.04. The van der Waals surface area contributed by atoms with E-state index in [2.05, 4.69) is 41.3 Å². The maximum atomic E-state index is 4.01. The fraction of sp³-hybridized carbons (Fsp3) is 0.875. The Morgan fingerprint density at radius 2 is 2.16 bits per heavy atom. The number of allylic oxidation sites excluding steroid dienone is 1. The van der Waals surface area contributed by atoms with Gasteiger partial charge in [-0.3, -0.25) is 5.43 Å². The first kappa shape index (κ1) is 10.7. The van der Waals surface area contributed by atoms with Gasteiger partial charge in [0.25, 0.3) is 0 Å². The molecule has 7 rings (SSSR count). The first-order valence-corrected chi connectivity index (χ1v) is 9.28. The summed E-state index contributed by atoms with van der Waals surface area (Å²) in [5, 5.41) is 3.73. The predicted molar refractivity (Wildman–Crippen MR) is 77.6 cm³/mol. The molecule has 6 fully saturated rings. The smallest absolute Gasteiger partial charge is 0.0400 e. The molecule has 4 aliphatic carbocycles. The van der Waals surface area contributed by atoms with Crippen LogP contribution in [0.5, 0.6) is 0 Å². The molecular formula is C16H22N2S. The fourth-order valence-corrected chi connectivity index (χ4v) is 8.72. The van der Waals surface area contributed by atoms with Gasteiger partial charge in [0, 0.05) is 23.4 Å². The van der Waals surface area contributed by atoms with Gasteiger partial charge in [0.05, 0.1) is 0 Å². The van der Waals surface area contributed by atoms with Crippen molar-refractivity contribution in [1.82, 2.24) is 10.4 Å². The van der Waals surface area contributed by atoms with Crippen LogP contribution in [0, 0.1) is 35.5 Å². The van der Waals surface area contributed by atoms with E-state index in [9.17, 15) is 0 Å². The van der Waals surface area contributed by atoms with E-state index in [0.717, 1.165) is 58.9 Å². The van der Waals surface area contributed by atoms with Gasteiger partial charge in [0.1, 0.15) is 0 Å². The molecule has 0 aromatic heterocycles. The lowest BCUT2D eigenvalue weighted by Crippen LogP contribution is -2.68. The summed E-state index contributed by atoms with van der Waals surface area (Å²) in [5.41, 5.74) is 4.01. The summed E-state index contributed by atoms with van der Waals surface area (Å²) in [5.74, 6) is 7.29. The molecule has 1 N–H and O–H groups in total. The summed E-state index contributed by atoms with van der Waals surface area (Å²) in [6.07, 6.45) is 7.97. The van der Waals surface area contributed by atoms with E-state index in [4.69, 9.17) is 0 Å². The zero-order chi connectivity index (χ0) is 12.3. The molecule has 102 valence electrons. The molecule has 3 saturated carbocycles. The third-order valence-electron chi connectivity index (χ3n) is 7.40. The van der Waals surface area contributed by atoms with E-state index in [-0.39, 0.29) is 0 Å². The van der Waals surface area contributed by atoms with E-state index in [0.29, 0.717) is 0 Å². The molecule has 0 aromatic rings. The Morgan fingerprint density at radius 3 is 3.05 bits per heavy atom. The van der Waals surface area contributed by atoms with Crippen molar-refractivity contribution in [2.24, 2.45) is 35.5 Å². The van der Waals surface area contributed by atoms with Crippen molar-refractivity contribution in [3.63, 3.8) is 0 Å². The van der Waals surface area contributed by atoms with Crippen LogP contribution in [0.25, 0.3) is 0 Å². The Kier molecular flexibility index (Phi) is 1.83. The van der Waals surface area contributed by atoms with Gasteiger partial charge >= 0.3 is 0 Å². The first-order chi connectivity index (χ1) is 9.40. The van der Waals surface area contributed by atoms with Crippen LogP contribution in [0.2, 0.25) is 0 Å². The van der Waals surface area contributed by atoms with Crippen molar-refractivity contribution in [3.05, 3.63) is 12.2 Å². The molecular weight excluding hydrogens is 252 g/mol. The molecule has 3 saturated heterocycles. The third-order valence-corrected chi connectivity index (χ3v) is 8.75. The molecule has 3 heteroatoms. The lowest BCUT2D eigenvalue weighted by atomic mass is 9.60. The van der Waals surface area contributed by atoms with E-state index < -0.39 is 0 Å². The number of fused-ring (bicyclic) bond motifs is 1. The van der Waals surface area contributed by atoms with Crippen molar-refractivity contribution in [1.29, 1.82) is 0 Å². The highest BCUT2D eigenvalue weighted by molar-refractivity contribution is 7.99. The van der Waals surface area contributed by atoms with Gasteiger partial charge in [-0.05, 0) is 54.1 Å². The number of hydrogen-bond donors (Lipinski definition) is 1. The summed E-state index contributed by atoms with van der Waals surface area (Å²) in [4.78, 5) is 0. The number of nitrogens with zero attached hydrogens (tertiary/aromatic N) is 1. The summed E-state index contributed by atoms with van der Waals surface area (Å²) in [6.45, 7) is 2.35. The predicted octanol–water partition coefficient (Wildman–Crippen LogP) is 2.14. The Balaban J connectivity index is 1.51. The zero-order valence-corrected chi connectivity index (χ0v) is 12.2. The molecule has 19 heavy (non-hydrogen) atoms. The number of hydrazine groups is 1. The number of thioether (sulfide) groups is 1. The number of hydrogen-bond acceptors (Lipinski definition) is 3. The SMILES string of the molecule is CCS[C@H]1[C@@H]2C[C@H]3[C@H]4[C@@H]2[C@H]2NN([C@H]31)[C@@H]4[C@@H]1C=CC[C@@H]12. The first-order valence-electron chi connectivity index (χ1n) is 8.23. The van der Waals surface area contributed by atoms with Crippen LogP contribution >= 0.6 is 11.8 Å². The zero-order valence-electron chi connectivity index (χ0n) is 11.4. The van der Waals surface area contributed by atoms with Crippen LogP contribution in [0.1, 0.15) is 19.8 Å². The minimum Gasteiger partial charge on any atom is -0.251 e. The van der Waals surface area contributed by atoms with Crippen molar-refractivity contribution < 1.29 is 0 Å². The van der Waals surface area contributed by atoms with Crippen LogP contribution in [0.3, 0.4) is 0 Å². The maximum Gasteiger partial charge on any atom is 0.0400 e. The molecule has 3 aliphatic heterocycles. The average Bonchev–Trinajstić information content (AvgIpc) is 3.11. The van der Waals surface area contributed by atoms with Crippen LogP contribution in [0.4, 0.5) is 0 Å². The molecule has 6 bridgehead atoms. The topological polar surface area (TPSA) is 15.3 Å². The molecule has 1 unspecified atom stereocenters. The van der Waals surface area contributed by atoms with E-state index in [1.54, 1.807) is 6.42 Å². The quantitative estimate of drug-likeness (QED) is 0.777. The Bertz CT molecular complexity index is 477. The van der Waals surface area contributed by atoms with Crippen molar-refractivity contribution >= 4 is 11.8 Å². The summed E-state index contributed by atoms with van der Waals surface area (Å²) in [6, 6.07) is 2.56. The molecule has 7 aliphatic rings. The minimum absolute atomic E-state index is 0.817. The van der Waals surface area contributed by atoms with Gasteiger partial charge in [-0.1, -0.05) is 19.1 Å². The van der Waals surface area contributed by atoms with Crippen molar-refractivity contribution in [3.8, 4) is 0 Å². The Labute approximate surface area is 119 Å². The summed E-state index contributed by atoms with van der Waals surface area (Å²) < 4.78 is 0. The normalized spacial score (nSPS) is 69.4. The second kappa shape index (κ2) is 3.26. The lowest BCUT2D eigenvalue weighted by molar-refractivity contribution is -0.0779. The van der Waals surface area contributed by atoms with Crippen LogP contribution in [-0.4, -0.2) is 34.1 Å². The standard InChI is InChI=1S/C16H22N2S/c1-2-19-16-10-6-9-12-11(10)13-7-4-3-5-8(7)14(12)18(17-13)15(9)16/h3,5,7-17H,2,4,6H2,1H3/t7-,8+,9-,10+,11+,12-,13-,14+,15+,16-/m0/s1. The van der Waals surface area contributed by atoms with Crippen molar-refractivity contribution in [2.45, 2.75) is 43.1 Å². The molecule has 11 atom stereocenters. The number of nitrogens with one attached hydrogen (secondary N) is 1. The molecule has 0 amide bonds. The van der Waals surface area contributed by atoms with Crippen LogP contribution in [-0.2, 0) is 0 Å². The lowest BCUT2D eigenvalue weighted by Gasteiger charge is -2.55. The summed E-state index contributed by atoms with van der Waals surface area (Å²) >= 11 is 2.27. The molecule has 3 heterocycles. The second-order valence-electron chi connectivity index (χ2n) is 7.59. The molecule has 0 spiro atoms. The fourth-order valence-electron chi connectivity index (χ4n) is 7.27. The molecule has 2 nitrogen and oxygen atoms in total. The monoisotopic (exact) mass is 274 g/mol. The Hall–Kier alpha value is 0.0100. The molecule has 0 radical (unpaired) electrons. The Morgan fingerprint density at radius 1 is 1.21 bits per heavy atom. The van der Waals surface area contributed by atoms with Crippen molar-refractivity contribution in [2.75, 3.05) is 5.75 Å². The summed E-state index contributed by atoms with van der Waals surface area (Å²) in [7, 11) is 0. The number of rotatable bonds is 2. The highest BCUT2D eigenvalue weighted by atomic mass is 32.2. The van der Waals surface area contributed by atoms with Gasteiger partial charge in [0.2, 0.25) is 0 Å². The van der Waals surface area contributed by atoms with Gasteiger partial charge < -0.3 is 0 Å². The van der Waals surface area contributed by atoms with Gasteiger partial charge in [0.15, 0.2) is 0 Å². The van der Waals surface area contributed by atoms with Gasteiger partial charge in [-0.15, -0.1) is 0 Å². The van der Waals surface area contributed by atoms with E-state index in [1.165, 1.54) is 12.2 Å². The largest absolute Gasteiger partial charge is 0.251 e. The van der Waals surface area contributed by atoms with Crippen LogP contribution < -0.4 is 5.43 Å². The van der Waals surface area contributed by atoms with Crippen LogP contribution in [0.15, 0.2) is 12.2 Å². The van der Waals surface area contributed by atoms with Gasteiger partial charge in [-0.25, -0.2) is 5.01 Å². The molecule has 0 aromatic carbocycles. The minimum atomic E-state index is 0.817. The van der Waals surface area contributed by atoms with E-state index in [1.807, 2.05) is 0 Å². The third kappa shape index (κ3) is 0.969. The average molecular weight is 274 g/mol.